The number of rotatable bonds is 4. The fourth-order valence-electron chi connectivity index (χ4n) is 4.44. The first kappa shape index (κ1) is 18.3. The van der Waals surface area contributed by atoms with Gasteiger partial charge in [-0.25, -0.2) is 0 Å². The summed E-state index contributed by atoms with van der Waals surface area (Å²) < 4.78 is 6.07. The van der Waals surface area contributed by atoms with Crippen molar-refractivity contribution in [2.75, 3.05) is 26.2 Å². The highest BCUT2D eigenvalue weighted by atomic mass is 16.5. The lowest BCUT2D eigenvalue weighted by molar-refractivity contribution is -0.141. The van der Waals surface area contributed by atoms with Gasteiger partial charge in [-0.15, -0.1) is 0 Å². The number of nitrogens with one attached hydrogen (secondary N) is 1. The van der Waals surface area contributed by atoms with Gasteiger partial charge >= 0.3 is 0 Å². The third-order valence-corrected chi connectivity index (χ3v) is 5.96. The summed E-state index contributed by atoms with van der Waals surface area (Å²) in [4.78, 5) is 28.8. The number of piperidine rings is 1. The fraction of sp³-hybridized carbons (Fsp3) is 0.619. The van der Waals surface area contributed by atoms with E-state index >= 15 is 0 Å². The van der Waals surface area contributed by atoms with Gasteiger partial charge in [-0.2, -0.15) is 0 Å². The van der Waals surface area contributed by atoms with Gasteiger partial charge in [0, 0.05) is 51.0 Å². The third-order valence-electron chi connectivity index (χ3n) is 5.96. The van der Waals surface area contributed by atoms with Crippen LogP contribution in [0.4, 0.5) is 0 Å². The van der Waals surface area contributed by atoms with Crippen LogP contribution in [-0.2, 0) is 9.59 Å². The van der Waals surface area contributed by atoms with Crippen molar-refractivity contribution in [3.63, 3.8) is 0 Å². The van der Waals surface area contributed by atoms with Crippen molar-refractivity contribution in [2.45, 2.75) is 57.2 Å². The predicted molar refractivity (Wildman–Crippen MR) is 103 cm³/mol. The van der Waals surface area contributed by atoms with Crippen molar-refractivity contribution < 1.29 is 14.3 Å². The van der Waals surface area contributed by atoms with Crippen LogP contribution >= 0.6 is 0 Å². The average Bonchev–Trinajstić information content (AvgIpc) is 3.02. The van der Waals surface area contributed by atoms with E-state index in [0.29, 0.717) is 38.1 Å². The van der Waals surface area contributed by atoms with E-state index in [1.54, 1.807) is 4.90 Å². The Balaban J connectivity index is 1.26. The summed E-state index contributed by atoms with van der Waals surface area (Å²) in [5, 5.41) is 3.49. The van der Waals surface area contributed by atoms with E-state index in [0.717, 1.165) is 31.4 Å². The van der Waals surface area contributed by atoms with Gasteiger partial charge in [-0.05, 0) is 37.5 Å². The second kappa shape index (κ2) is 7.89. The summed E-state index contributed by atoms with van der Waals surface area (Å²) in [5.74, 6) is 1.08. The number of carbonyl (C=O) groups is 2. The fourth-order valence-corrected chi connectivity index (χ4v) is 4.44. The summed E-state index contributed by atoms with van der Waals surface area (Å²) in [6.45, 7) is 4.32. The summed E-state index contributed by atoms with van der Waals surface area (Å²) in [6.07, 6.45) is 4.52. The summed E-state index contributed by atoms with van der Waals surface area (Å²) >= 11 is 0. The van der Waals surface area contributed by atoms with E-state index in [1.807, 2.05) is 23.1 Å². The van der Waals surface area contributed by atoms with E-state index in [4.69, 9.17) is 4.74 Å². The first-order valence-electron chi connectivity index (χ1n) is 10.1. The molecule has 0 spiro atoms. The summed E-state index contributed by atoms with van der Waals surface area (Å²) in [7, 11) is 0. The molecule has 3 aliphatic rings. The lowest BCUT2D eigenvalue weighted by atomic mass is 10.1. The molecule has 2 amide bonds. The highest BCUT2D eigenvalue weighted by Crippen LogP contribution is 2.22. The zero-order chi connectivity index (χ0) is 18.8. The molecule has 3 heterocycles. The smallest absolute Gasteiger partial charge is 0.242 e. The van der Waals surface area contributed by atoms with Crippen LogP contribution in [0.1, 0.15) is 37.7 Å². The molecule has 0 aromatic heterocycles. The number of nitrogens with zero attached hydrogens (tertiary/aromatic N) is 2. The highest BCUT2D eigenvalue weighted by molar-refractivity contribution is 5.85. The molecule has 0 unspecified atom stereocenters. The Hall–Kier alpha value is -2.08. The van der Waals surface area contributed by atoms with Gasteiger partial charge in [0.2, 0.25) is 11.8 Å². The summed E-state index contributed by atoms with van der Waals surface area (Å²) in [6, 6.07) is 8.74. The van der Waals surface area contributed by atoms with Crippen molar-refractivity contribution in [1.29, 1.82) is 0 Å². The van der Waals surface area contributed by atoms with Crippen molar-refractivity contribution in [3.8, 4) is 5.75 Å². The minimum absolute atomic E-state index is 0.0649. The van der Waals surface area contributed by atoms with Gasteiger partial charge in [0.05, 0.1) is 6.54 Å². The Morgan fingerprint density at radius 2 is 1.96 bits per heavy atom. The van der Waals surface area contributed by atoms with E-state index in [2.05, 4.69) is 18.3 Å². The number of carbonyl (C=O) groups excluding carboxylic acids is 2. The van der Waals surface area contributed by atoms with Crippen molar-refractivity contribution >= 4 is 11.8 Å². The molecule has 0 radical (unpaired) electrons. The first-order chi connectivity index (χ1) is 13.1. The van der Waals surface area contributed by atoms with Crippen LogP contribution in [0.25, 0.3) is 0 Å². The molecule has 6 heteroatoms. The molecule has 3 aliphatic heterocycles. The second-order valence-corrected chi connectivity index (χ2v) is 8.13. The number of ether oxygens (including phenoxy) is 1. The molecule has 3 saturated heterocycles. The normalized spacial score (nSPS) is 26.2. The maximum absolute atomic E-state index is 12.7. The molecule has 1 N–H and O–H groups in total. The standard InChI is InChI=1S/C21H29N3O3/c1-15-3-2-4-19(11-15)27-18-7-9-23(10-8-18)21(26)14-24-13-17-6-5-16(22-17)12-20(24)25/h2-4,11,16-18,22H,5-10,12-14H2,1H3/t16-,17+/m1/s1. The minimum Gasteiger partial charge on any atom is -0.490 e. The Morgan fingerprint density at radius 1 is 1.19 bits per heavy atom. The van der Waals surface area contributed by atoms with Crippen LogP contribution in [0.2, 0.25) is 0 Å². The van der Waals surface area contributed by atoms with Gasteiger partial charge in [0.1, 0.15) is 11.9 Å². The number of aryl methyl sites for hydroxylation is 1. The van der Waals surface area contributed by atoms with Gasteiger partial charge in [0.25, 0.3) is 0 Å². The number of hydrogen-bond acceptors (Lipinski definition) is 4. The van der Waals surface area contributed by atoms with E-state index in [9.17, 15) is 9.59 Å². The number of amides is 2. The van der Waals surface area contributed by atoms with Crippen molar-refractivity contribution in [1.82, 2.24) is 15.1 Å². The molecule has 4 rings (SSSR count). The number of hydrogen-bond donors (Lipinski definition) is 1. The second-order valence-electron chi connectivity index (χ2n) is 8.13. The molecule has 1 aromatic carbocycles. The zero-order valence-electron chi connectivity index (χ0n) is 16.0. The maximum atomic E-state index is 12.7. The van der Waals surface area contributed by atoms with Crippen molar-refractivity contribution in [2.24, 2.45) is 0 Å². The van der Waals surface area contributed by atoms with Crippen molar-refractivity contribution in [3.05, 3.63) is 29.8 Å². The molecule has 27 heavy (non-hydrogen) atoms. The van der Waals surface area contributed by atoms with Crippen LogP contribution in [-0.4, -0.2) is 66.0 Å². The van der Waals surface area contributed by atoms with Gasteiger partial charge < -0.3 is 19.9 Å². The van der Waals surface area contributed by atoms with E-state index < -0.39 is 0 Å². The molecule has 1 aromatic rings. The molecule has 2 atom stereocenters. The third kappa shape index (κ3) is 4.43. The van der Waals surface area contributed by atoms with Gasteiger partial charge in [0.15, 0.2) is 0 Å². The Morgan fingerprint density at radius 3 is 2.74 bits per heavy atom. The molecular formula is C21H29N3O3. The highest BCUT2D eigenvalue weighted by Gasteiger charge is 2.35. The van der Waals surface area contributed by atoms with Crippen LogP contribution in [0.15, 0.2) is 24.3 Å². The molecule has 2 bridgehead atoms. The molecule has 3 fully saturated rings. The monoisotopic (exact) mass is 371 g/mol. The molecular weight excluding hydrogens is 342 g/mol. The van der Waals surface area contributed by atoms with E-state index in [1.165, 1.54) is 5.56 Å². The van der Waals surface area contributed by atoms with Gasteiger partial charge in [-0.3, -0.25) is 9.59 Å². The lowest BCUT2D eigenvalue weighted by Crippen LogP contribution is -2.48. The Kier molecular flexibility index (Phi) is 5.34. The summed E-state index contributed by atoms with van der Waals surface area (Å²) in [5.41, 5.74) is 1.19. The SMILES string of the molecule is Cc1cccc(OC2CCN(C(=O)CN3C[C@@H]4CC[C@H](CC3=O)N4)CC2)c1. The van der Waals surface area contributed by atoms with Crippen LogP contribution in [0, 0.1) is 6.92 Å². The Bertz CT molecular complexity index is 700. The van der Waals surface area contributed by atoms with E-state index in [-0.39, 0.29) is 24.5 Å². The molecule has 0 aliphatic carbocycles. The topological polar surface area (TPSA) is 61.9 Å². The minimum atomic E-state index is 0.0649. The molecule has 0 saturated carbocycles. The van der Waals surface area contributed by atoms with Crippen LogP contribution in [0.3, 0.4) is 0 Å². The van der Waals surface area contributed by atoms with Crippen LogP contribution in [0.5, 0.6) is 5.75 Å². The quantitative estimate of drug-likeness (QED) is 0.875. The molecule has 146 valence electrons. The Labute approximate surface area is 160 Å². The zero-order valence-corrected chi connectivity index (χ0v) is 16.0. The van der Waals surface area contributed by atoms with Gasteiger partial charge in [-0.1, -0.05) is 12.1 Å². The van der Waals surface area contributed by atoms with Crippen LogP contribution < -0.4 is 10.1 Å². The number of benzene rings is 1. The first-order valence-corrected chi connectivity index (χ1v) is 10.1. The number of likely N-dealkylation sites (tertiary alicyclic amines) is 2. The molecule has 6 nitrogen and oxygen atoms in total. The lowest BCUT2D eigenvalue weighted by Gasteiger charge is -2.34. The largest absolute Gasteiger partial charge is 0.490 e. The average molecular weight is 371 g/mol. The number of fused-ring (bicyclic) bond motifs is 2. The maximum Gasteiger partial charge on any atom is 0.242 e. The predicted octanol–water partition coefficient (Wildman–Crippen LogP) is 1.72.